The molecule has 1 atom stereocenters. The molecule has 0 bridgehead atoms. The van der Waals surface area contributed by atoms with Crippen LogP contribution in [-0.2, 0) is 6.54 Å². The molecule has 0 aliphatic carbocycles. The second-order valence-corrected chi connectivity index (χ2v) is 5.14. The number of hydrogen-bond donors (Lipinski definition) is 1. The van der Waals surface area contributed by atoms with Gasteiger partial charge in [-0.1, -0.05) is 11.6 Å². The molecule has 1 aliphatic heterocycles. The molecule has 1 aromatic rings. The third kappa shape index (κ3) is 4.52. The van der Waals surface area contributed by atoms with Crippen LogP contribution in [0, 0.1) is 0 Å². The average Bonchev–Trinajstić information content (AvgIpc) is 2.75. The van der Waals surface area contributed by atoms with Crippen LogP contribution in [0.25, 0.3) is 0 Å². The summed E-state index contributed by atoms with van der Waals surface area (Å²) >= 11 is 11.7. The van der Waals surface area contributed by atoms with E-state index in [-0.39, 0.29) is 17.7 Å². The normalized spacial score (nSPS) is 19.0. The Labute approximate surface area is 123 Å². The summed E-state index contributed by atoms with van der Waals surface area (Å²) < 4.78 is 0. The Morgan fingerprint density at radius 3 is 2.89 bits per heavy atom. The lowest BCUT2D eigenvalue weighted by Crippen LogP contribution is -2.35. The zero-order valence-electron chi connectivity index (χ0n) is 10.2. The first-order chi connectivity index (χ1) is 8.15. The fourth-order valence-electron chi connectivity index (χ4n) is 2.12. The highest BCUT2D eigenvalue weighted by molar-refractivity contribution is 6.32. The third-order valence-corrected chi connectivity index (χ3v) is 3.43. The molecule has 2 rings (SSSR count). The van der Waals surface area contributed by atoms with Crippen LogP contribution in [0.3, 0.4) is 0 Å². The molecule has 1 fully saturated rings. The van der Waals surface area contributed by atoms with Gasteiger partial charge in [-0.15, -0.1) is 12.4 Å². The summed E-state index contributed by atoms with van der Waals surface area (Å²) in [6, 6.07) is 0.590. The number of halogens is 3. The van der Waals surface area contributed by atoms with Crippen molar-refractivity contribution in [1.82, 2.24) is 20.2 Å². The van der Waals surface area contributed by atoms with E-state index in [1.165, 1.54) is 12.8 Å². The smallest absolute Gasteiger partial charge is 0.223 e. The molecule has 1 saturated heterocycles. The number of hydrogen-bond acceptors (Lipinski definition) is 4. The molecule has 1 unspecified atom stereocenters. The summed E-state index contributed by atoms with van der Waals surface area (Å²) in [6.07, 6.45) is 4.20. The summed E-state index contributed by atoms with van der Waals surface area (Å²) in [6.45, 7) is 2.89. The van der Waals surface area contributed by atoms with E-state index in [9.17, 15) is 0 Å². The molecule has 7 heteroatoms. The minimum atomic E-state index is 0. The molecule has 18 heavy (non-hydrogen) atoms. The van der Waals surface area contributed by atoms with E-state index in [0.717, 1.165) is 25.2 Å². The van der Waals surface area contributed by atoms with E-state index in [1.54, 1.807) is 6.20 Å². The first-order valence-corrected chi connectivity index (χ1v) is 6.49. The summed E-state index contributed by atoms with van der Waals surface area (Å²) in [5.41, 5.74) is 0.913. The van der Waals surface area contributed by atoms with E-state index in [0.29, 0.717) is 11.2 Å². The van der Waals surface area contributed by atoms with E-state index >= 15 is 0 Å². The van der Waals surface area contributed by atoms with Crippen molar-refractivity contribution in [3.63, 3.8) is 0 Å². The maximum Gasteiger partial charge on any atom is 0.223 e. The van der Waals surface area contributed by atoms with Crippen LogP contribution < -0.4 is 5.32 Å². The Morgan fingerprint density at radius 1 is 1.50 bits per heavy atom. The predicted molar refractivity (Wildman–Crippen MR) is 76.7 cm³/mol. The summed E-state index contributed by atoms with van der Waals surface area (Å²) in [4.78, 5) is 10.1. The molecule has 0 spiro atoms. The van der Waals surface area contributed by atoms with E-state index < -0.39 is 0 Å². The number of nitrogens with zero attached hydrogens (tertiary/aromatic N) is 3. The molecule has 1 aliphatic rings. The van der Waals surface area contributed by atoms with Gasteiger partial charge in [-0.25, -0.2) is 9.97 Å². The Kier molecular flexibility index (Phi) is 6.60. The van der Waals surface area contributed by atoms with Gasteiger partial charge in [0.1, 0.15) is 5.15 Å². The van der Waals surface area contributed by atoms with Crippen LogP contribution in [0.15, 0.2) is 6.20 Å². The topological polar surface area (TPSA) is 41.1 Å². The molecular weight excluding hydrogens is 295 g/mol. The molecule has 0 radical (unpaired) electrons. The molecule has 0 saturated carbocycles. The predicted octanol–water partition coefficient (Wildman–Crippen LogP) is 2.39. The van der Waals surface area contributed by atoms with E-state index in [1.807, 2.05) is 0 Å². The van der Waals surface area contributed by atoms with Crippen LogP contribution in [0.4, 0.5) is 0 Å². The quantitative estimate of drug-likeness (QED) is 0.685. The van der Waals surface area contributed by atoms with Gasteiger partial charge in [-0.3, -0.25) is 0 Å². The molecule has 4 nitrogen and oxygen atoms in total. The number of likely N-dealkylation sites (N-methyl/N-ethyl adjacent to an activating group) is 1. The lowest BCUT2D eigenvalue weighted by molar-refractivity contribution is 0.292. The fraction of sp³-hybridized carbons (Fsp3) is 0.636. The van der Waals surface area contributed by atoms with E-state index in [2.05, 4.69) is 27.2 Å². The van der Waals surface area contributed by atoms with Crippen molar-refractivity contribution in [3.05, 3.63) is 22.2 Å². The van der Waals surface area contributed by atoms with Gasteiger partial charge in [0.2, 0.25) is 5.28 Å². The van der Waals surface area contributed by atoms with Gasteiger partial charge < -0.3 is 10.2 Å². The van der Waals surface area contributed by atoms with Crippen molar-refractivity contribution in [2.75, 3.05) is 20.1 Å². The highest BCUT2D eigenvalue weighted by Crippen LogP contribution is 2.16. The SMILES string of the molecule is CN(Cc1cnc(Cl)nc1Cl)CC1CCCN1.Cl. The second kappa shape index (κ2) is 7.46. The number of aromatic nitrogens is 2. The van der Waals surface area contributed by atoms with Gasteiger partial charge in [0.25, 0.3) is 0 Å². The molecule has 1 N–H and O–H groups in total. The largest absolute Gasteiger partial charge is 0.313 e. The van der Waals surface area contributed by atoms with Crippen molar-refractivity contribution >= 4 is 35.6 Å². The van der Waals surface area contributed by atoms with Crippen molar-refractivity contribution < 1.29 is 0 Å². The van der Waals surface area contributed by atoms with Gasteiger partial charge in [-0.05, 0) is 38.0 Å². The van der Waals surface area contributed by atoms with Crippen LogP contribution >= 0.6 is 35.6 Å². The molecule has 1 aromatic heterocycles. The maximum atomic E-state index is 6.01. The molecule has 102 valence electrons. The lowest BCUT2D eigenvalue weighted by atomic mass is 10.2. The van der Waals surface area contributed by atoms with Crippen LogP contribution in [0.1, 0.15) is 18.4 Å². The zero-order valence-corrected chi connectivity index (χ0v) is 12.5. The van der Waals surface area contributed by atoms with E-state index in [4.69, 9.17) is 23.2 Å². The van der Waals surface area contributed by atoms with Crippen molar-refractivity contribution in [2.24, 2.45) is 0 Å². The highest BCUT2D eigenvalue weighted by Gasteiger charge is 2.16. The van der Waals surface area contributed by atoms with Gasteiger partial charge in [-0.2, -0.15) is 0 Å². The molecular formula is C11H17Cl3N4. The highest BCUT2D eigenvalue weighted by atomic mass is 35.5. The van der Waals surface area contributed by atoms with Gasteiger partial charge >= 0.3 is 0 Å². The van der Waals surface area contributed by atoms with Crippen LogP contribution in [0.5, 0.6) is 0 Å². The van der Waals surface area contributed by atoms with Crippen molar-refractivity contribution in [1.29, 1.82) is 0 Å². The summed E-state index contributed by atoms with van der Waals surface area (Å²) in [5.74, 6) is 0. The minimum Gasteiger partial charge on any atom is -0.313 e. The summed E-state index contributed by atoms with van der Waals surface area (Å²) in [7, 11) is 2.07. The maximum absolute atomic E-state index is 6.01. The van der Waals surface area contributed by atoms with Gasteiger partial charge in [0.05, 0.1) is 0 Å². The fourth-order valence-corrected chi connectivity index (χ4v) is 2.48. The second-order valence-electron chi connectivity index (χ2n) is 4.45. The van der Waals surface area contributed by atoms with Crippen LogP contribution in [-0.4, -0.2) is 41.0 Å². The minimum absolute atomic E-state index is 0. The molecule has 2 heterocycles. The Hall–Kier alpha value is -0.130. The standard InChI is InChI=1S/C11H16Cl2N4.ClH/c1-17(7-9-3-2-4-14-9)6-8-5-15-11(13)16-10(8)12;/h5,9,14H,2-4,6-7H2,1H3;1H. The Morgan fingerprint density at radius 2 is 2.28 bits per heavy atom. The Bertz CT molecular complexity index is 383. The van der Waals surface area contributed by atoms with Crippen molar-refractivity contribution in [3.8, 4) is 0 Å². The van der Waals surface area contributed by atoms with Gasteiger partial charge in [0, 0.05) is 30.9 Å². The first-order valence-electron chi connectivity index (χ1n) is 5.74. The van der Waals surface area contributed by atoms with Gasteiger partial charge in [0.15, 0.2) is 0 Å². The summed E-state index contributed by atoms with van der Waals surface area (Å²) in [5, 5.41) is 4.10. The zero-order chi connectivity index (χ0) is 12.3. The Balaban J connectivity index is 0.00000162. The number of rotatable bonds is 4. The third-order valence-electron chi connectivity index (χ3n) is 2.92. The lowest BCUT2D eigenvalue weighted by Gasteiger charge is -2.21. The molecule has 0 amide bonds. The monoisotopic (exact) mass is 310 g/mol. The molecule has 0 aromatic carbocycles. The average molecular weight is 312 g/mol. The van der Waals surface area contributed by atoms with Crippen molar-refractivity contribution in [2.45, 2.75) is 25.4 Å². The number of nitrogens with one attached hydrogen (secondary N) is 1. The van der Waals surface area contributed by atoms with Crippen LogP contribution in [0.2, 0.25) is 10.4 Å². The first kappa shape index (κ1) is 15.9.